The molecule has 6 heteroatoms. The number of hydrogen-bond donors (Lipinski definition) is 0. The summed E-state index contributed by atoms with van der Waals surface area (Å²) < 4.78 is 31.0. The lowest BCUT2D eigenvalue weighted by Crippen LogP contribution is -2.16. The first-order valence-electron chi connectivity index (χ1n) is 13.9. The third-order valence-corrected chi connectivity index (χ3v) is 7.38. The van der Waals surface area contributed by atoms with Crippen LogP contribution in [0, 0.1) is 11.7 Å². The number of esters is 2. The molecule has 0 heterocycles. The summed E-state index contributed by atoms with van der Waals surface area (Å²) in [5.41, 5.74) is 2.42. The number of benzene rings is 2. The highest BCUT2D eigenvalue weighted by Gasteiger charge is 2.26. The van der Waals surface area contributed by atoms with Gasteiger partial charge in [0.15, 0.2) is 0 Å². The van der Waals surface area contributed by atoms with Crippen molar-refractivity contribution in [2.75, 3.05) is 13.7 Å². The molecule has 39 heavy (non-hydrogen) atoms. The van der Waals surface area contributed by atoms with Gasteiger partial charge in [-0.2, -0.15) is 0 Å². The maximum absolute atomic E-state index is 15.2. The summed E-state index contributed by atoms with van der Waals surface area (Å²) in [6.07, 6.45) is 10.7. The molecule has 0 aromatic heterocycles. The molecule has 1 aliphatic rings. The number of carbonyl (C=O) groups is 2. The molecule has 0 radical (unpaired) electrons. The zero-order chi connectivity index (χ0) is 28.4. The van der Waals surface area contributed by atoms with Crippen LogP contribution in [-0.4, -0.2) is 25.7 Å². The van der Waals surface area contributed by atoms with Gasteiger partial charge >= 0.3 is 11.9 Å². The molecule has 0 amide bonds. The SMILES string of the molecule is C=C(C)C(=O)Oc1ccc(-c2ccc(OC(=O)C(=C)COC)cc2F)cc1C1CCC(CCCCCC)CC1. The maximum Gasteiger partial charge on any atom is 0.341 e. The van der Waals surface area contributed by atoms with E-state index >= 15 is 4.39 Å². The predicted octanol–water partition coefficient (Wildman–Crippen LogP) is 8.33. The number of carbonyl (C=O) groups excluding carboxylic acids is 2. The van der Waals surface area contributed by atoms with Gasteiger partial charge in [0.2, 0.25) is 0 Å². The summed E-state index contributed by atoms with van der Waals surface area (Å²) in [4.78, 5) is 24.5. The van der Waals surface area contributed by atoms with Gasteiger partial charge < -0.3 is 14.2 Å². The summed E-state index contributed by atoms with van der Waals surface area (Å²) >= 11 is 0. The van der Waals surface area contributed by atoms with E-state index in [0.29, 0.717) is 22.4 Å². The lowest BCUT2D eigenvalue weighted by Gasteiger charge is -2.30. The highest BCUT2D eigenvalue weighted by atomic mass is 19.1. The molecule has 0 spiro atoms. The van der Waals surface area contributed by atoms with E-state index in [-0.39, 0.29) is 23.8 Å². The van der Waals surface area contributed by atoms with Crippen molar-refractivity contribution >= 4 is 11.9 Å². The first kappa shape index (κ1) is 30.3. The molecule has 0 bridgehead atoms. The Morgan fingerprint density at radius 3 is 2.33 bits per heavy atom. The van der Waals surface area contributed by atoms with Crippen LogP contribution in [0.2, 0.25) is 0 Å². The molecule has 0 N–H and O–H groups in total. The lowest BCUT2D eigenvalue weighted by molar-refractivity contribution is -0.131. The lowest BCUT2D eigenvalue weighted by atomic mass is 9.76. The third-order valence-electron chi connectivity index (χ3n) is 7.38. The molecule has 1 fully saturated rings. The Labute approximate surface area is 232 Å². The average molecular weight is 537 g/mol. The number of unbranched alkanes of at least 4 members (excludes halogenated alkanes) is 3. The van der Waals surface area contributed by atoms with E-state index in [2.05, 4.69) is 20.1 Å². The molecular formula is C33H41FO5. The Kier molecular flexibility index (Phi) is 11.5. The fourth-order valence-electron chi connectivity index (χ4n) is 5.14. The smallest absolute Gasteiger partial charge is 0.341 e. The Morgan fingerprint density at radius 2 is 1.69 bits per heavy atom. The minimum atomic E-state index is -0.670. The van der Waals surface area contributed by atoms with Gasteiger partial charge in [0.25, 0.3) is 0 Å². The summed E-state index contributed by atoms with van der Waals surface area (Å²) in [6, 6.07) is 9.74. The van der Waals surface area contributed by atoms with Crippen LogP contribution in [-0.2, 0) is 14.3 Å². The van der Waals surface area contributed by atoms with Gasteiger partial charge in [-0.3, -0.25) is 0 Å². The predicted molar refractivity (Wildman–Crippen MR) is 152 cm³/mol. The highest BCUT2D eigenvalue weighted by molar-refractivity contribution is 5.90. The molecule has 0 aliphatic heterocycles. The molecular weight excluding hydrogens is 495 g/mol. The standard InChI is InChI=1S/C33H41FO5/c1-6-7-8-9-10-24-11-13-25(14-12-24)29-19-26(15-18-31(29)39-32(35)22(2)3)28-17-16-27(20-30(28)34)38-33(36)23(4)21-37-5/h15-20,24-25H,2,4,6-14,21H2,1,3,5H3. The number of halogens is 1. The van der Waals surface area contributed by atoms with Gasteiger partial charge in [-0.25, -0.2) is 14.0 Å². The number of rotatable bonds is 13. The number of hydrogen-bond acceptors (Lipinski definition) is 5. The van der Waals surface area contributed by atoms with E-state index in [1.54, 1.807) is 31.2 Å². The summed E-state index contributed by atoms with van der Waals surface area (Å²) in [5.74, 6) is -0.123. The Bertz CT molecular complexity index is 1180. The monoisotopic (exact) mass is 536 g/mol. The highest BCUT2D eigenvalue weighted by Crippen LogP contribution is 2.43. The largest absolute Gasteiger partial charge is 0.423 e. The van der Waals surface area contributed by atoms with E-state index < -0.39 is 17.8 Å². The molecule has 0 unspecified atom stereocenters. The molecule has 210 valence electrons. The quantitative estimate of drug-likeness (QED) is 0.111. The van der Waals surface area contributed by atoms with Gasteiger partial charge in [0.1, 0.15) is 17.3 Å². The molecule has 0 saturated heterocycles. The van der Waals surface area contributed by atoms with Crippen LogP contribution in [0.3, 0.4) is 0 Å². The van der Waals surface area contributed by atoms with E-state index in [1.165, 1.54) is 45.3 Å². The van der Waals surface area contributed by atoms with Crippen molar-refractivity contribution in [1.29, 1.82) is 0 Å². The summed E-state index contributed by atoms with van der Waals surface area (Å²) in [6.45, 7) is 11.2. The fourth-order valence-corrected chi connectivity index (χ4v) is 5.14. The van der Waals surface area contributed by atoms with Gasteiger partial charge in [0, 0.05) is 24.3 Å². The zero-order valence-electron chi connectivity index (χ0n) is 23.5. The summed E-state index contributed by atoms with van der Waals surface area (Å²) in [7, 11) is 1.45. The van der Waals surface area contributed by atoms with Crippen molar-refractivity contribution in [2.24, 2.45) is 5.92 Å². The van der Waals surface area contributed by atoms with E-state index in [0.717, 1.165) is 37.2 Å². The van der Waals surface area contributed by atoms with E-state index in [1.807, 2.05) is 6.07 Å². The van der Waals surface area contributed by atoms with Crippen LogP contribution in [0.4, 0.5) is 4.39 Å². The molecule has 2 aromatic rings. The van der Waals surface area contributed by atoms with Crippen molar-refractivity contribution in [2.45, 2.75) is 77.6 Å². The fraction of sp³-hybridized carbons (Fsp3) is 0.455. The van der Waals surface area contributed by atoms with Crippen LogP contribution in [0.5, 0.6) is 11.5 Å². The van der Waals surface area contributed by atoms with Crippen LogP contribution in [0.15, 0.2) is 60.7 Å². The van der Waals surface area contributed by atoms with Crippen molar-refractivity contribution in [3.63, 3.8) is 0 Å². The van der Waals surface area contributed by atoms with Gasteiger partial charge in [0.05, 0.1) is 12.2 Å². The molecule has 2 aromatic carbocycles. The van der Waals surface area contributed by atoms with Crippen LogP contribution in [0.1, 0.15) is 83.1 Å². The van der Waals surface area contributed by atoms with Crippen molar-refractivity contribution in [3.05, 3.63) is 72.1 Å². The van der Waals surface area contributed by atoms with Crippen molar-refractivity contribution in [1.82, 2.24) is 0 Å². The molecule has 3 rings (SSSR count). The minimum Gasteiger partial charge on any atom is -0.423 e. The molecule has 1 aliphatic carbocycles. The topological polar surface area (TPSA) is 61.8 Å². The van der Waals surface area contributed by atoms with Gasteiger partial charge in [-0.15, -0.1) is 0 Å². The Morgan fingerprint density at radius 1 is 0.949 bits per heavy atom. The normalized spacial score (nSPS) is 16.9. The first-order valence-corrected chi connectivity index (χ1v) is 13.9. The first-order chi connectivity index (χ1) is 18.7. The minimum absolute atomic E-state index is 0.0330. The molecule has 1 saturated carbocycles. The average Bonchev–Trinajstić information content (AvgIpc) is 2.92. The van der Waals surface area contributed by atoms with E-state index in [9.17, 15) is 9.59 Å². The van der Waals surface area contributed by atoms with E-state index in [4.69, 9.17) is 14.2 Å². The van der Waals surface area contributed by atoms with Crippen molar-refractivity contribution in [3.8, 4) is 22.6 Å². The van der Waals surface area contributed by atoms with Crippen molar-refractivity contribution < 1.29 is 28.2 Å². The second-order valence-corrected chi connectivity index (χ2v) is 10.6. The van der Waals surface area contributed by atoms with Gasteiger partial charge in [-0.05, 0) is 79.8 Å². The zero-order valence-corrected chi connectivity index (χ0v) is 23.5. The van der Waals surface area contributed by atoms with Crippen LogP contribution in [0.25, 0.3) is 11.1 Å². The Hall–Kier alpha value is -3.25. The van der Waals surface area contributed by atoms with Crippen LogP contribution < -0.4 is 9.47 Å². The van der Waals surface area contributed by atoms with Crippen LogP contribution >= 0.6 is 0 Å². The Balaban J connectivity index is 1.81. The second-order valence-electron chi connectivity index (χ2n) is 10.6. The maximum atomic E-state index is 15.2. The number of methoxy groups -OCH3 is 1. The third kappa shape index (κ3) is 8.62. The molecule has 0 atom stereocenters. The number of ether oxygens (including phenoxy) is 3. The van der Waals surface area contributed by atoms with Gasteiger partial charge in [-0.1, -0.05) is 58.3 Å². The molecule has 5 nitrogen and oxygen atoms in total. The second kappa shape index (κ2) is 14.8. The summed E-state index contributed by atoms with van der Waals surface area (Å²) in [5, 5.41) is 0.